The van der Waals surface area contributed by atoms with Crippen LogP contribution in [0.5, 0.6) is 5.75 Å². The van der Waals surface area contributed by atoms with E-state index < -0.39 is 5.97 Å². The molecule has 0 radical (unpaired) electrons. The Kier molecular flexibility index (Phi) is 2.64. The number of benzene rings is 1. The summed E-state index contributed by atoms with van der Waals surface area (Å²) in [7, 11) is 1.55. The molecule has 16 heavy (non-hydrogen) atoms. The molecule has 0 amide bonds. The molecular formula is C12H12O4. The van der Waals surface area contributed by atoms with E-state index in [9.17, 15) is 9.59 Å². The van der Waals surface area contributed by atoms with Crippen molar-refractivity contribution in [2.45, 2.75) is 18.8 Å². The van der Waals surface area contributed by atoms with E-state index in [0.29, 0.717) is 11.3 Å². The summed E-state index contributed by atoms with van der Waals surface area (Å²) in [6.45, 7) is 0. The van der Waals surface area contributed by atoms with Crippen molar-refractivity contribution in [2.75, 3.05) is 7.11 Å². The van der Waals surface area contributed by atoms with Crippen LogP contribution in [0.4, 0.5) is 0 Å². The molecule has 4 nitrogen and oxygen atoms in total. The molecule has 1 N–H and O–H groups in total. The number of ketones is 1. The van der Waals surface area contributed by atoms with Crippen LogP contribution in [-0.4, -0.2) is 24.0 Å². The first-order valence-electron chi connectivity index (χ1n) is 5.04. The highest BCUT2D eigenvalue weighted by molar-refractivity contribution is 6.02. The van der Waals surface area contributed by atoms with Crippen LogP contribution in [0.1, 0.15) is 34.7 Å². The molecule has 0 saturated carbocycles. The van der Waals surface area contributed by atoms with E-state index in [1.165, 1.54) is 0 Å². The molecule has 1 aromatic carbocycles. The van der Waals surface area contributed by atoms with Crippen molar-refractivity contribution >= 4 is 11.8 Å². The van der Waals surface area contributed by atoms with E-state index in [-0.39, 0.29) is 24.5 Å². The van der Waals surface area contributed by atoms with Crippen LogP contribution >= 0.6 is 0 Å². The average Bonchev–Trinajstić information content (AvgIpc) is 2.54. The van der Waals surface area contributed by atoms with Crippen molar-refractivity contribution in [1.82, 2.24) is 0 Å². The lowest BCUT2D eigenvalue weighted by Crippen LogP contribution is -2.03. The first-order valence-corrected chi connectivity index (χ1v) is 5.04. The SMILES string of the molecule is COc1ccc2c(c1)[C@H](CC(=O)O)CC2=O. The van der Waals surface area contributed by atoms with Crippen molar-refractivity contribution in [1.29, 1.82) is 0 Å². The predicted octanol–water partition coefficient (Wildman–Crippen LogP) is 1.84. The summed E-state index contributed by atoms with van der Waals surface area (Å²) in [5, 5.41) is 8.77. The molecule has 1 aliphatic rings. The largest absolute Gasteiger partial charge is 0.497 e. The molecule has 0 unspecified atom stereocenters. The van der Waals surface area contributed by atoms with Crippen LogP contribution in [0.3, 0.4) is 0 Å². The van der Waals surface area contributed by atoms with Gasteiger partial charge in [0.05, 0.1) is 13.5 Å². The smallest absolute Gasteiger partial charge is 0.303 e. The molecule has 1 atom stereocenters. The minimum atomic E-state index is -0.881. The Morgan fingerprint density at radius 1 is 1.56 bits per heavy atom. The highest BCUT2D eigenvalue weighted by Crippen LogP contribution is 2.37. The molecule has 0 bridgehead atoms. The molecule has 2 rings (SSSR count). The lowest BCUT2D eigenvalue weighted by molar-refractivity contribution is -0.137. The third-order valence-electron chi connectivity index (χ3n) is 2.85. The van der Waals surface area contributed by atoms with E-state index in [4.69, 9.17) is 9.84 Å². The number of ether oxygens (including phenoxy) is 1. The number of carbonyl (C=O) groups is 2. The van der Waals surface area contributed by atoms with Gasteiger partial charge in [0.25, 0.3) is 0 Å². The van der Waals surface area contributed by atoms with E-state index >= 15 is 0 Å². The maximum Gasteiger partial charge on any atom is 0.303 e. The van der Waals surface area contributed by atoms with Crippen molar-refractivity contribution in [3.05, 3.63) is 29.3 Å². The van der Waals surface area contributed by atoms with Crippen LogP contribution in [0.25, 0.3) is 0 Å². The molecule has 84 valence electrons. The van der Waals surface area contributed by atoms with E-state index in [0.717, 1.165) is 5.56 Å². The topological polar surface area (TPSA) is 63.6 Å². The predicted molar refractivity (Wildman–Crippen MR) is 56.9 cm³/mol. The second-order valence-corrected chi connectivity index (χ2v) is 3.88. The van der Waals surface area contributed by atoms with E-state index in [1.54, 1.807) is 25.3 Å². The lowest BCUT2D eigenvalue weighted by atomic mass is 9.98. The summed E-state index contributed by atoms with van der Waals surface area (Å²) in [4.78, 5) is 22.3. The van der Waals surface area contributed by atoms with Crippen molar-refractivity contribution < 1.29 is 19.4 Å². The van der Waals surface area contributed by atoms with Gasteiger partial charge in [0, 0.05) is 17.9 Å². The number of aliphatic carboxylic acids is 1. The standard InChI is InChI=1S/C12H12O4/c1-16-8-2-3-9-10(6-8)7(4-11(9)13)5-12(14)15/h2-3,6-7H,4-5H2,1H3,(H,14,15)/t7-/m0/s1. The summed E-state index contributed by atoms with van der Waals surface area (Å²) < 4.78 is 5.07. The average molecular weight is 220 g/mol. The number of rotatable bonds is 3. The van der Waals surface area contributed by atoms with Crippen molar-refractivity contribution in [3.8, 4) is 5.75 Å². The summed E-state index contributed by atoms with van der Waals surface area (Å²) in [6, 6.07) is 5.19. The Bertz CT molecular complexity index is 448. The first kappa shape index (κ1) is 10.7. The van der Waals surface area contributed by atoms with Gasteiger partial charge in [-0.15, -0.1) is 0 Å². The summed E-state index contributed by atoms with van der Waals surface area (Å²) >= 11 is 0. The first-order chi connectivity index (χ1) is 7.61. The van der Waals surface area contributed by atoms with Gasteiger partial charge < -0.3 is 9.84 Å². The fourth-order valence-electron chi connectivity index (χ4n) is 2.10. The summed E-state index contributed by atoms with van der Waals surface area (Å²) in [5.41, 5.74) is 1.43. The quantitative estimate of drug-likeness (QED) is 0.844. The number of hydrogen-bond acceptors (Lipinski definition) is 3. The van der Waals surface area contributed by atoms with Gasteiger partial charge in [-0.1, -0.05) is 0 Å². The number of carboxylic acids is 1. The Balaban J connectivity index is 2.38. The molecule has 0 fully saturated rings. The number of carboxylic acid groups (broad SMARTS) is 1. The van der Waals surface area contributed by atoms with Crippen LogP contribution < -0.4 is 4.74 Å². The molecule has 1 aromatic rings. The molecular weight excluding hydrogens is 208 g/mol. The summed E-state index contributed by atoms with van der Waals surface area (Å²) in [6.07, 6.45) is 0.278. The third-order valence-corrected chi connectivity index (χ3v) is 2.85. The van der Waals surface area contributed by atoms with Gasteiger partial charge in [0.1, 0.15) is 5.75 Å². The Morgan fingerprint density at radius 3 is 2.94 bits per heavy atom. The fourth-order valence-corrected chi connectivity index (χ4v) is 2.10. The van der Waals surface area contributed by atoms with Gasteiger partial charge in [-0.25, -0.2) is 0 Å². The highest BCUT2D eigenvalue weighted by Gasteiger charge is 2.30. The zero-order chi connectivity index (χ0) is 11.7. The Hall–Kier alpha value is -1.84. The van der Waals surface area contributed by atoms with Gasteiger partial charge >= 0.3 is 5.97 Å². The monoisotopic (exact) mass is 220 g/mol. The molecule has 0 saturated heterocycles. The maximum atomic E-state index is 11.6. The van der Waals surface area contributed by atoms with Crippen LogP contribution in [-0.2, 0) is 4.79 Å². The van der Waals surface area contributed by atoms with Crippen molar-refractivity contribution in [2.24, 2.45) is 0 Å². The maximum absolute atomic E-state index is 11.6. The zero-order valence-electron chi connectivity index (χ0n) is 8.90. The Morgan fingerprint density at radius 2 is 2.31 bits per heavy atom. The van der Waals surface area contributed by atoms with Gasteiger partial charge in [-0.3, -0.25) is 9.59 Å². The molecule has 4 heteroatoms. The molecule has 0 spiro atoms. The molecule has 0 heterocycles. The second kappa shape index (κ2) is 3.96. The van der Waals surface area contributed by atoms with Crippen LogP contribution in [0, 0.1) is 0 Å². The highest BCUT2D eigenvalue weighted by atomic mass is 16.5. The minimum Gasteiger partial charge on any atom is -0.497 e. The zero-order valence-corrected chi connectivity index (χ0v) is 8.90. The van der Waals surface area contributed by atoms with E-state index in [1.807, 2.05) is 0 Å². The van der Waals surface area contributed by atoms with Gasteiger partial charge in [0.2, 0.25) is 0 Å². The normalized spacial score (nSPS) is 18.3. The van der Waals surface area contributed by atoms with E-state index in [2.05, 4.69) is 0 Å². The number of methoxy groups -OCH3 is 1. The summed E-state index contributed by atoms with van der Waals surface area (Å²) in [5.74, 6) is -0.420. The van der Waals surface area contributed by atoms with Crippen LogP contribution in [0.2, 0.25) is 0 Å². The molecule has 1 aliphatic carbocycles. The molecule has 0 aliphatic heterocycles. The number of hydrogen-bond donors (Lipinski definition) is 1. The fraction of sp³-hybridized carbons (Fsp3) is 0.333. The van der Waals surface area contributed by atoms with Crippen LogP contribution in [0.15, 0.2) is 18.2 Å². The minimum absolute atomic E-state index is 0.00803. The number of fused-ring (bicyclic) bond motifs is 1. The van der Waals surface area contributed by atoms with Gasteiger partial charge in [-0.05, 0) is 23.8 Å². The van der Waals surface area contributed by atoms with Gasteiger partial charge in [0.15, 0.2) is 5.78 Å². The second-order valence-electron chi connectivity index (χ2n) is 3.88. The molecule has 0 aromatic heterocycles. The number of Topliss-reactive ketones (excluding diaryl/α,β-unsaturated/α-hetero) is 1. The third kappa shape index (κ3) is 1.78. The lowest BCUT2D eigenvalue weighted by Gasteiger charge is -2.08. The number of carbonyl (C=O) groups excluding carboxylic acids is 1. The Labute approximate surface area is 92.8 Å². The van der Waals surface area contributed by atoms with Gasteiger partial charge in [-0.2, -0.15) is 0 Å². The van der Waals surface area contributed by atoms with Crippen molar-refractivity contribution in [3.63, 3.8) is 0 Å².